The molecule has 0 spiro atoms. The van der Waals surface area contributed by atoms with Crippen LogP contribution in [0.1, 0.15) is 73.3 Å². The van der Waals surface area contributed by atoms with Crippen molar-refractivity contribution in [3.05, 3.63) is 94.5 Å². The second kappa shape index (κ2) is 7.19. The molecule has 4 heteroatoms. The summed E-state index contributed by atoms with van der Waals surface area (Å²) >= 11 is 0. The molecule has 2 aliphatic carbocycles. The normalized spacial score (nSPS) is 29.8. The van der Waals surface area contributed by atoms with Crippen molar-refractivity contribution < 1.29 is 14.4 Å². The third-order valence-electron chi connectivity index (χ3n) is 9.98. The predicted octanol–water partition coefficient (Wildman–Crippen LogP) is 6.22. The lowest BCUT2D eigenvalue weighted by Crippen LogP contribution is -2.44. The SMILES string of the molecule is COC1(O)C2c3cc(C(C)C)c4ccccc4c3C3=[N+](C=NC4C3c3c(ccc5ccccc35)C4(C)C)C21. The summed E-state index contributed by atoms with van der Waals surface area (Å²) in [6.45, 7) is 9.20. The molecule has 190 valence electrons. The third-order valence-corrected chi connectivity index (χ3v) is 9.98. The predicted molar refractivity (Wildman–Crippen MR) is 153 cm³/mol. The molecule has 4 aromatic carbocycles. The number of aliphatic hydroxyl groups is 1. The Kier molecular flexibility index (Phi) is 4.28. The van der Waals surface area contributed by atoms with Crippen molar-refractivity contribution >= 4 is 33.6 Å². The summed E-state index contributed by atoms with van der Waals surface area (Å²) in [5.74, 6) is -0.887. The highest BCUT2D eigenvalue weighted by molar-refractivity contribution is 6.17. The minimum atomic E-state index is -1.23. The first kappa shape index (κ1) is 22.6. The molecule has 4 nitrogen and oxygen atoms in total. The minimum absolute atomic E-state index is 0.0804. The number of ether oxygens (including phenoxy) is 1. The van der Waals surface area contributed by atoms with E-state index in [1.807, 2.05) is 6.34 Å². The van der Waals surface area contributed by atoms with Gasteiger partial charge >= 0.3 is 0 Å². The summed E-state index contributed by atoms with van der Waals surface area (Å²) < 4.78 is 8.11. The lowest BCUT2D eigenvalue weighted by atomic mass is 9.76. The van der Waals surface area contributed by atoms with Crippen LogP contribution in [0.4, 0.5) is 0 Å². The Balaban J connectivity index is 1.51. The summed E-state index contributed by atoms with van der Waals surface area (Å²) in [5.41, 5.74) is 7.72. The van der Waals surface area contributed by atoms with Crippen molar-refractivity contribution in [2.24, 2.45) is 4.99 Å². The molecule has 0 aromatic heterocycles. The van der Waals surface area contributed by atoms with E-state index in [4.69, 9.17) is 9.73 Å². The maximum atomic E-state index is 11.8. The molecule has 5 unspecified atom stereocenters. The van der Waals surface area contributed by atoms with E-state index < -0.39 is 5.79 Å². The van der Waals surface area contributed by atoms with E-state index in [1.165, 1.54) is 55.1 Å². The van der Waals surface area contributed by atoms with E-state index in [2.05, 4.69) is 99.0 Å². The maximum Gasteiger partial charge on any atom is 0.281 e. The number of aliphatic imine (C=N–C) groups is 1. The van der Waals surface area contributed by atoms with Crippen LogP contribution in [-0.4, -0.2) is 46.7 Å². The van der Waals surface area contributed by atoms with Gasteiger partial charge in [-0.1, -0.05) is 99.4 Å². The molecule has 1 N–H and O–H groups in total. The van der Waals surface area contributed by atoms with Gasteiger partial charge < -0.3 is 9.84 Å². The number of rotatable bonds is 2. The number of hydrogen-bond donors (Lipinski definition) is 1. The molecule has 0 bridgehead atoms. The molecule has 1 fully saturated rings. The summed E-state index contributed by atoms with van der Waals surface area (Å²) in [7, 11) is 1.63. The van der Waals surface area contributed by atoms with Gasteiger partial charge in [-0.15, -0.1) is 0 Å². The molecular weight excluding hydrogens is 468 g/mol. The van der Waals surface area contributed by atoms with Crippen molar-refractivity contribution in [3.63, 3.8) is 0 Å². The van der Waals surface area contributed by atoms with Gasteiger partial charge in [0.05, 0.1) is 11.8 Å². The van der Waals surface area contributed by atoms with E-state index in [0.29, 0.717) is 5.92 Å². The second-order valence-electron chi connectivity index (χ2n) is 12.5. The first-order chi connectivity index (χ1) is 18.3. The van der Waals surface area contributed by atoms with E-state index in [-0.39, 0.29) is 29.3 Å². The van der Waals surface area contributed by atoms with Gasteiger partial charge in [-0.2, -0.15) is 0 Å². The molecule has 1 saturated carbocycles. The first-order valence-electron chi connectivity index (χ1n) is 13.8. The average Bonchev–Trinajstić information content (AvgIpc) is 3.49. The van der Waals surface area contributed by atoms with Crippen molar-refractivity contribution in [3.8, 4) is 0 Å². The van der Waals surface area contributed by atoms with Crippen LogP contribution in [0.2, 0.25) is 0 Å². The Bertz CT molecular complexity index is 1760. The molecule has 5 atom stereocenters. The molecule has 0 amide bonds. The quantitative estimate of drug-likeness (QED) is 0.262. The maximum absolute atomic E-state index is 11.8. The van der Waals surface area contributed by atoms with Gasteiger partial charge in [0.15, 0.2) is 12.1 Å². The summed E-state index contributed by atoms with van der Waals surface area (Å²) in [5, 5.41) is 16.9. The fourth-order valence-corrected chi connectivity index (χ4v) is 8.13. The van der Waals surface area contributed by atoms with Gasteiger partial charge in [0.2, 0.25) is 5.79 Å². The Morgan fingerprint density at radius 3 is 2.39 bits per heavy atom. The summed E-state index contributed by atoms with van der Waals surface area (Å²) in [6.07, 6.45) is 2.01. The standard InChI is InChI=1S/C34H33N2O2/c1-18(2)23-16-24-26(22-13-9-8-12-21(22)23)30-28-27-20-11-7-6-10-19(20)14-15-25(27)33(3,4)31(28)35-17-36(30)32-29(24)34(32,37)38-5/h6-18,28-29,31-32,37H,1-5H3/q+1. The lowest BCUT2D eigenvalue weighted by molar-refractivity contribution is -0.443. The number of hydrogen-bond acceptors (Lipinski definition) is 3. The van der Waals surface area contributed by atoms with Gasteiger partial charge in [0, 0.05) is 18.1 Å². The smallest absolute Gasteiger partial charge is 0.281 e. The first-order valence-corrected chi connectivity index (χ1v) is 13.8. The zero-order valence-corrected chi connectivity index (χ0v) is 22.6. The topological polar surface area (TPSA) is 44.8 Å². The fraction of sp³-hybridized carbons (Fsp3) is 0.353. The van der Waals surface area contributed by atoms with Crippen LogP contribution >= 0.6 is 0 Å². The molecule has 4 aliphatic rings. The second-order valence-corrected chi connectivity index (χ2v) is 12.5. The molecule has 0 saturated heterocycles. The van der Waals surface area contributed by atoms with Gasteiger partial charge in [-0.05, 0) is 49.7 Å². The minimum Gasteiger partial charge on any atom is -0.362 e. The highest BCUT2D eigenvalue weighted by atomic mass is 16.6. The highest BCUT2D eigenvalue weighted by Gasteiger charge is 2.75. The van der Waals surface area contributed by atoms with Crippen LogP contribution in [0.25, 0.3) is 21.5 Å². The van der Waals surface area contributed by atoms with Crippen LogP contribution in [-0.2, 0) is 10.2 Å². The Morgan fingerprint density at radius 2 is 1.66 bits per heavy atom. The fourth-order valence-electron chi connectivity index (χ4n) is 8.13. The van der Waals surface area contributed by atoms with E-state index in [0.717, 1.165) is 0 Å². The zero-order valence-electron chi connectivity index (χ0n) is 22.6. The van der Waals surface area contributed by atoms with E-state index in [1.54, 1.807) is 7.11 Å². The molecule has 2 aliphatic heterocycles. The number of fused-ring (bicyclic) bond motifs is 13. The van der Waals surface area contributed by atoms with Crippen molar-refractivity contribution in [2.45, 2.75) is 68.7 Å². The molecule has 8 rings (SSSR count). The zero-order chi connectivity index (χ0) is 26.1. The van der Waals surface area contributed by atoms with Crippen molar-refractivity contribution in [1.82, 2.24) is 0 Å². The average molecular weight is 502 g/mol. The summed E-state index contributed by atoms with van der Waals surface area (Å²) in [4.78, 5) is 5.24. The van der Waals surface area contributed by atoms with Crippen LogP contribution in [0.5, 0.6) is 0 Å². The third kappa shape index (κ3) is 2.53. The monoisotopic (exact) mass is 501 g/mol. The van der Waals surface area contributed by atoms with Crippen LogP contribution in [0.15, 0.2) is 71.7 Å². The molecule has 2 heterocycles. The number of methoxy groups -OCH3 is 1. The number of benzene rings is 4. The van der Waals surface area contributed by atoms with Gasteiger partial charge in [0.25, 0.3) is 6.34 Å². The van der Waals surface area contributed by atoms with Gasteiger partial charge in [0.1, 0.15) is 5.71 Å². The van der Waals surface area contributed by atoms with E-state index in [9.17, 15) is 5.11 Å². The Morgan fingerprint density at radius 1 is 0.947 bits per heavy atom. The Hall–Kier alpha value is -3.34. The van der Waals surface area contributed by atoms with Crippen molar-refractivity contribution in [1.29, 1.82) is 0 Å². The highest BCUT2D eigenvalue weighted by Crippen LogP contribution is 2.61. The van der Waals surface area contributed by atoms with Crippen LogP contribution in [0.3, 0.4) is 0 Å². The molecule has 38 heavy (non-hydrogen) atoms. The van der Waals surface area contributed by atoms with Crippen LogP contribution in [0, 0.1) is 0 Å². The van der Waals surface area contributed by atoms with Crippen molar-refractivity contribution in [2.75, 3.05) is 7.11 Å². The molecule has 0 radical (unpaired) electrons. The lowest BCUT2D eigenvalue weighted by Gasteiger charge is -2.31. The molecular formula is C34H33N2O2+. The summed E-state index contributed by atoms with van der Waals surface area (Å²) in [6, 6.07) is 24.4. The largest absolute Gasteiger partial charge is 0.362 e. The number of nitrogens with zero attached hydrogens (tertiary/aromatic N) is 2. The van der Waals surface area contributed by atoms with E-state index >= 15 is 0 Å². The van der Waals surface area contributed by atoms with Gasteiger partial charge in [-0.3, -0.25) is 0 Å². The Labute approximate surface area is 223 Å². The van der Waals surface area contributed by atoms with Gasteiger partial charge in [-0.25, -0.2) is 4.58 Å². The molecule has 4 aromatic rings. The van der Waals surface area contributed by atoms with Crippen LogP contribution < -0.4 is 0 Å².